The van der Waals surface area contributed by atoms with Gasteiger partial charge in [-0.1, -0.05) is 12.2 Å². The topological polar surface area (TPSA) is 86.7 Å². The maximum absolute atomic E-state index is 12.4. The van der Waals surface area contributed by atoms with E-state index in [0.29, 0.717) is 39.6 Å². The average Bonchev–Trinajstić information content (AvgIpc) is 3.41. The highest BCUT2D eigenvalue weighted by molar-refractivity contribution is 6.06. The SMILES string of the molecule is O=C1C2C3C=CC(O3)C2C(=O)N1CCOCCOCCCC1=NCCO1. The Morgan fingerprint density at radius 3 is 2.38 bits per heavy atom. The van der Waals surface area contributed by atoms with Crippen molar-refractivity contribution in [3.63, 3.8) is 0 Å². The second-order valence-electron chi connectivity index (χ2n) is 6.78. The number of fused-ring (bicyclic) bond motifs is 5. The van der Waals surface area contributed by atoms with Crippen molar-refractivity contribution in [1.82, 2.24) is 4.90 Å². The number of nitrogens with zero attached hydrogens (tertiary/aromatic N) is 2. The van der Waals surface area contributed by atoms with Gasteiger partial charge in [-0.05, 0) is 6.42 Å². The Bertz CT molecular complexity index is 589. The Kier molecular flexibility index (Phi) is 5.33. The van der Waals surface area contributed by atoms with Gasteiger partial charge >= 0.3 is 0 Å². The Morgan fingerprint density at radius 2 is 1.73 bits per heavy atom. The molecule has 0 spiro atoms. The van der Waals surface area contributed by atoms with Crippen LogP contribution in [0.4, 0.5) is 0 Å². The van der Waals surface area contributed by atoms with Crippen LogP contribution in [0.15, 0.2) is 17.1 Å². The quantitative estimate of drug-likeness (QED) is 0.312. The lowest BCUT2D eigenvalue weighted by atomic mass is 9.85. The van der Waals surface area contributed by atoms with E-state index < -0.39 is 0 Å². The maximum atomic E-state index is 12.4. The predicted octanol–water partition coefficient (Wildman–Crippen LogP) is 0.167. The van der Waals surface area contributed by atoms with Crippen LogP contribution >= 0.6 is 0 Å². The van der Waals surface area contributed by atoms with Gasteiger partial charge in [-0.2, -0.15) is 0 Å². The van der Waals surface area contributed by atoms with E-state index in [1.807, 2.05) is 12.2 Å². The number of imide groups is 1. The summed E-state index contributed by atoms with van der Waals surface area (Å²) in [7, 11) is 0. The Labute approximate surface area is 152 Å². The molecule has 26 heavy (non-hydrogen) atoms. The first-order chi connectivity index (χ1) is 12.8. The van der Waals surface area contributed by atoms with Gasteiger partial charge in [0.25, 0.3) is 0 Å². The van der Waals surface area contributed by atoms with Gasteiger partial charge in [0.2, 0.25) is 11.8 Å². The molecule has 2 bridgehead atoms. The third-order valence-corrected chi connectivity index (χ3v) is 5.16. The van der Waals surface area contributed by atoms with Crippen molar-refractivity contribution < 1.29 is 28.5 Å². The minimum Gasteiger partial charge on any atom is -0.479 e. The van der Waals surface area contributed by atoms with Crippen molar-refractivity contribution in [2.75, 3.05) is 46.1 Å². The second-order valence-corrected chi connectivity index (χ2v) is 6.78. The summed E-state index contributed by atoms with van der Waals surface area (Å²) in [4.78, 5) is 30.4. The van der Waals surface area contributed by atoms with Gasteiger partial charge in [-0.3, -0.25) is 19.5 Å². The van der Waals surface area contributed by atoms with Crippen molar-refractivity contribution in [2.45, 2.75) is 25.0 Å². The maximum Gasteiger partial charge on any atom is 0.236 e. The zero-order chi connectivity index (χ0) is 17.9. The van der Waals surface area contributed by atoms with E-state index in [-0.39, 0.29) is 35.9 Å². The molecule has 0 saturated carbocycles. The first kappa shape index (κ1) is 17.6. The molecule has 4 aliphatic heterocycles. The zero-order valence-corrected chi connectivity index (χ0v) is 14.7. The molecule has 0 aromatic heterocycles. The van der Waals surface area contributed by atoms with Crippen molar-refractivity contribution in [3.8, 4) is 0 Å². The van der Waals surface area contributed by atoms with Gasteiger partial charge < -0.3 is 18.9 Å². The van der Waals surface area contributed by atoms with Crippen molar-refractivity contribution in [3.05, 3.63) is 12.2 Å². The van der Waals surface area contributed by atoms with Crippen LogP contribution in [0, 0.1) is 11.8 Å². The molecular formula is C18H24N2O6. The minimum absolute atomic E-state index is 0.131. The molecule has 4 rings (SSSR count). The molecule has 4 unspecified atom stereocenters. The van der Waals surface area contributed by atoms with E-state index >= 15 is 0 Å². The summed E-state index contributed by atoms with van der Waals surface area (Å²) in [6.07, 6.45) is 4.99. The zero-order valence-electron chi connectivity index (χ0n) is 14.7. The Balaban J connectivity index is 1.07. The van der Waals surface area contributed by atoms with E-state index in [9.17, 15) is 9.59 Å². The molecule has 4 atom stereocenters. The first-order valence-electron chi connectivity index (χ1n) is 9.26. The molecule has 0 radical (unpaired) electrons. The number of hydrogen-bond donors (Lipinski definition) is 0. The summed E-state index contributed by atoms with van der Waals surface area (Å²) in [6.45, 7) is 3.64. The molecule has 2 saturated heterocycles. The second kappa shape index (κ2) is 7.85. The lowest BCUT2D eigenvalue weighted by Crippen LogP contribution is -2.37. The third-order valence-electron chi connectivity index (χ3n) is 5.16. The Hall–Kier alpha value is -1.77. The summed E-state index contributed by atoms with van der Waals surface area (Å²) in [6, 6.07) is 0. The predicted molar refractivity (Wildman–Crippen MR) is 90.6 cm³/mol. The van der Waals surface area contributed by atoms with Crippen molar-refractivity contribution in [1.29, 1.82) is 0 Å². The average molecular weight is 364 g/mol. The fourth-order valence-electron chi connectivity index (χ4n) is 3.92. The van der Waals surface area contributed by atoms with E-state index in [4.69, 9.17) is 18.9 Å². The molecular weight excluding hydrogens is 340 g/mol. The van der Waals surface area contributed by atoms with Gasteiger partial charge in [-0.15, -0.1) is 0 Å². The molecule has 4 aliphatic rings. The number of amides is 2. The van der Waals surface area contributed by atoms with Crippen molar-refractivity contribution >= 4 is 17.7 Å². The molecule has 4 heterocycles. The van der Waals surface area contributed by atoms with Gasteiger partial charge in [0.05, 0.1) is 57.0 Å². The lowest BCUT2D eigenvalue weighted by molar-refractivity contribution is -0.143. The number of carbonyl (C=O) groups is 2. The smallest absolute Gasteiger partial charge is 0.236 e. The van der Waals surface area contributed by atoms with Gasteiger partial charge in [-0.25, -0.2) is 0 Å². The largest absolute Gasteiger partial charge is 0.479 e. The summed E-state index contributed by atoms with van der Waals surface area (Å²) in [5, 5.41) is 0. The number of ether oxygens (including phenoxy) is 4. The lowest BCUT2D eigenvalue weighted by Gasteiger charge is -2.17. The normalized spacial score (nSPS) is 31.7. The number of aliphatic imine (C=N–C) groups is 1. The van der Waals surface area contributed by atoms with Crippen LogP contribution in [0.3, 0.4) is 0 Å². The van der Waals surface area contributed by atoms with Gasteiger partial charge in [0.1, 0.15) is 6.61 Å². The Morgan fingerprint density at radius 1 is 1.04 bits per heavy atom. The molecule has 2 amide bonds. The number of hydrogen-bond acceptors (Lipinski definition) is 7. The fourth-order valence-corrected chi connectivity index (χ4v) is 3.92. The van der Waals surface area contributed by atoms with E-state index in [2.05, 4.69) is 4.99 Å². The number of rotatable bonds is 10. The van der Waals surface area contributed by atoms with Crippen LogP contribution in [0.2, 0.25) is 0 Å². The van der Waals surface area contributed by atoms with Crippen LogP contribution in [0.1, 0.15) is 12.8 Å². The monoisotopic (exact) mass is 364 g/mol. The molecule has 0 aromatic rings. The molecule has 0 aromatic carbocycles. The highest BCUT2D eigenvalue weighted by atomic mass is 16.5. The summed E-state index contributed by atoms with van der Waals surface area (Å²) < 4.78 is 21.9. The summed E-state index contributed by atoms with van der Waals surface area (Å²) in [5.74, 6) is -0.116. The molecule has 2 fully saturated rings. The van der Waals surface area contributed by atoms with Crippen LogP contribution in [-0.2, 0) is 28.5 Å². The van der Waals surface area contributed by atoms with Gasteiger partial charge in [0, 0.05) is 13.0 Å². The number of carbonyl (C=O) groups excluding carboxylic acids is 2. The van der Waals surface area contributed by atoms with Crippen LogP contribution in [0.5, 0.6) is 0 Å². The molecule has 8 nitrogen and oxygen atoms in total. The molecule has 0 aliphatic carbocycles. The summed E-state index contributed by atoms with van der Waals surface area (Å²) in [5.41, 5.74) is 0. The summed E-state index contributed by atoms with van der Waals surface area (Å²) >= 11 is 0. The van der Waals surface area contributed by atoms with Gasteiger partial charge in [0.15, 0.2) is 5.90 Å². The van der Waals surface area contributed by atoms with Crippen molar-refractivity contribution in [2.24, 2.45) is 16.8 Å². The minimum atomic E-state index is -0.339. The standard InChI is InChI=1S/C18H24N2O6/c21-17-15-12-3-4-13(26-12)16(15)18(22)20(17)6-9-24-11-10-23-7-1-2-14-19-5-8-25-14/h3-4,12-13,15-16H,1-2,5-11H2. The molecule has 142 valence electrons. The highest BCUT2D eigenvalue weighted by Gasteiger charge is 2.60. The molecule has 0 N–H and O–H groups in total. The van der Waals surface area contributed by atoms with E-state index in [1.54, 1.807) is 0 Å². The van der Waals surface area contributed by atoms with E-state index in [1.165, 1.54) is 4.90 Å². The fraction of sp³-hybridized carbons (Fsp3) is 0.722. The molecule has 8 heteroatoms. The van der Waals surface area contributed by atoms with Crippen LogP contribution in [-0.4, -0.2) is 80.9 Å². The number of likely N-dealkylation sites (tertiary alicyclic amines) is 1. The first-order valence-corrected chi connectivity index (χ1v) is 9.26. The third kappa shape index (κ3) is 3.41. The van der Waals surface area contributed by atoms with Crippen LogP contribution < -0.4 is 0 Å². The highest BCUT2D eigenvalue weighted by Crippen LogP contribution is 2.44. The van der Waals surface area contributed by atoms with Crippen LogP contribution in [0.25, 0.3) is 0 Å². The van der Waals surface area contributed by atoms with E-state index in [0.717, 1.165) is 25.3 Å².